The molecule has 2 aliphatic heterocycles. The summed E-state index contributed by atoms with van der Waals surface area (Å²) >= 11 is 0. The fourth-order valence-electron chi connectivity index (χ4n) is 3.37. The molecule has 0 amide bonds. The van der Waals surface area contributed by atoms with Gasteiger partial charge >= 0.3 is 0 Å². The predicted octanol–water partition coefficient (Wildman–Crippen LogP) is 1.40. The monoisotopic (exact) mass is 280 g/mol. The maximum atomic E-state index is 12.0. The number of anilines is 1. The zero-order valence-electron chi connectivity index (χ0n) is 11.4. The van der Waals surface area contributed by atoms with E-state index in [0.717, 1.165) is 31.6 Å². The molecule has 1 spiro atoms. The summed E-state index contributed by atoms with van der Waals surface area (Å²) in [6.07, 6.45) is 3.32. The highest BCUT2D eigenvalue weighted by Gasteiger charge is 2.45. The lowest BCUT2D eigenvalue weighted by molar-refractivity contribution is 0.330. The summed E-state index contributed by atoms with van der Waals surface area (Å²) in [7, 11) is -3.19. The van der Waals surface area contributed by atoms with Crippen molar-refractivity contribution in [2.75, 3.05) is 30.2 Å². The lowest BCUT2D eigenvalue weighted by Gasteiger charge is -2.34. The highest BCUT2D eigenvalue weighted by molar-refractivity contribution is 7.92. The molecule has 1 saturated heterocycles. The van der Waals surface area contributed by atoms with Crippen LogP contribution in [0.5, 0.6) is 0 Å². The zero-order valence-corrected chi connectivity index (χ0v) is 12.3. The van der Waals surface area contributed by atoms with Crippen LogP contribution in [0.1, 0.15) is 24.0 Å². The van der Waals surface area contributed by atoms with Gasteiger partial charge in [0.15, 0.2) is 0 Å². The molecule has 0 aliphatic carbocycles. The Bertz CT molecular complexity index is 604. The van der Waals surface area contributed by atoms with Crippen LogP contribution in [0.25, 0.3) is 0 Å². The van der Waals surface area contributed by atoms with Crippen LogP contribution in [0.15, 0.2) is 18.2 Å². The molecule has 1 aromatic rings. The van der Waals surface area contributed by atoms with Crippen LogP contribution in [0.2, 0.25) is 0 Å². The minimum atomic E-state index is -3.19. The lowest BCUT2D eigenvalue weighted by Crippen LogP contribution is -2.44. The molecule has 104 valence electrons. The van der Waals surface area contributed by atoms with E-state index in [1.54, 1.807) is 4.31 Å². The van der Waals surface area contributed by atoms with Gasteiger partial charge in [0.25, 0.3) is 0 Å². The normalized spacial score (nSPS) is 21.7. The Hall–Kier alpha value is -1.07. The Morgan fingerprint density at radius 1 is 1.26 bits per heavy atom. The molecule has 0 atom stereocenters. The molecular formula is C14H20N2O2S. The second-order valence-corrected chi connectivity index (χ2v) is 7.73. The second-order valence-electron chi connectivity index (χ2n) is 5.82. The first-order chi connectivity index (χ1) is 8.92. The minimum absolute atomic E-state index is 0.00961. The number of hydrogen-bond donors (Lipinski definition) is 1. The lowest BCUT2D eigenvalue weighted by atomic mass is 9.74. The van der Waals surface area contributed by atoms with Gasteiger partial charge in [-0.25, -0.2) is 8.42 Å². The number of nitrogens with one attached hydrogen (secondary N) is 1. The van der Waals surface area contributed by atoms with Gasteiger partial charge < -0.3 is 5.32 Å². The number of aryl methyl sites for hydroxylation is 1. The standard InChI is InChI=1S/C14H20N2O2S/c1-11-3-4-13-12(9-11)14(5-7-15-8-6-14)10-16(13)19(2,17)18/h3-4,9,15H,5-8,10H2,1-2H3. The van der Waals surface area contributed by atoms with Crippen LogP contribution < -0.4 is 9.62 Å². The van der Waals surface area contributed by atoms with E-state index in [4.69, 9.17) is 0 Å². The molecule has 2 heterocycles. The average Bonchev–Trinajstić information content (AvgIpc) is 2.65. The van der Waals surface area contributed by atoms with E-state index in [9.17, 15) is 8.42 Å². The topological polar surface area (TPSA) is 49.4 Å². The van der Waals surface area contributed by atoms with Crippen molar-refractivity contribution < 1.29 is 8.42 Å². The van der Waals surface area contributed by atoms with Crippen LogP contribution in [-0.2, 0) is 15.4 Å². The number of sulfonamides is 1. The molecule has 1 aromatic carbocycles. The highest BCUT2D eigenvalue weighted by Crippen LogP contribution is 2.47. The van der Waals surface area contributed by atoms with Gasteiger partial charge in [-0.1, -0.05) is 17.7 Å². The Morgan fingerprint density at radius 2 is 1.95 bits per heavy atom. The van der Waals surface area contributed by atoms with E-state index in [-0.39, 0.29) is 5.41 Å². The summed E-state index contributed by atoms with van der Waals surface area (Å²) in [5.41, 5.74) is 3.32. The van der Waals surface area contributed by atoms with Crippen molar-refractivity contribution in [1.29, 1.82) is 0 Å². The summed E-state index contributed by atoms with van der Waals surface area (Å²) in [6, 6.07) is 6.13. The molecule has 1 fully saturated rings. The van der Waals surface area contributed by atoms with Gasteiger partial charge in [0.05, 0.1) is 11.9 Å². The van der Waals surface area contributed by atoms with Gasteiger partial charge in [0.2, 0.25) is 10.0 Å². The van der Waals surface area contributed by atoms with E-state index >= 15 is 0 Å². The molecule has 19 heavy (non-hydrogen) atoms. The van der Waals surface area contributed by atoms with E-state index in [1.807, 2.05) is 12.1 Å². The number of nitrogens with zero attached hydrogens (tertiary/aromatic N) is 1. The minimum Gasteiger partial charge on any atom is -0.317 e. The predicted molar refractivity (Wildman–Crippen MR) is 77.2 cm³/mol. The van der Waals surface area contributed by atoms with Crippen LogP contribution in [-0.4, -0.2) is 34.3 Å². The third kappa shape index (κ3) is 2.05. The average molecular weight is 280 g/mol. The molecule has 0 bridgehead atoms. The van der Waals surface area contributed by atoms with Crippen molar-refractivity contribution in [3.63, 3.8) is 0 Å². The Labute approximate surface area is 114 Å². The number of hydrogen-bond acceptors (Lipinski definition) is 3. The van der Waals surface area contributed by atoms with Gasteiger partial charge in [-0.2, -0.15) is 0 Å². The van der Waals surface area contributed by atoms with E-state index in [0.29, 0.717) is 6.54 Å². The molecule has 1 N–H and O–H groups in total. The largest absolute Gasteiger partial charge is 0.317 e. The van der Waals surface area contributed by atoms with Gasteiger partial charge in [-0.3, -0.25) is 4.31 Å². The van der Waals surface area contributed by atoms with Crippen LogP contribution in [0.3, 0.4) is 0 Å². The van der Waals surface area contributed by atoms with Crippen LogP contribution in [0.4, 0.5) is 5.69 Å². The van der Waals surface area contributed by atoms with Crippen molar-refractivity contribution >= 4 is 15.7 Å². The molecule has 0 radical (unpaired) electrons. The van der Waals surface area contributed by atoms with Crippen LogP contribution >= 0.6 is 0 Å². The van der Waals surface area contributed by atoms with Crippen molar-refractivity contribution in [2.24, 2.45) is 0 Å². The van der Waals surface area contributed by atoms with Crippen molar-refractivity contribution in [3.05, 3.63) is 29.3 Å². The molecule has 3 rings (SSSR count). The Morgan fingerprint density at radius 3 is 2.58 bits per heavy atom. The van der Waals surface area contributed by atoms with Crippen molar-refractivity contribution in [2.45, 2.75) is 25.2 Å². The van der Waals surface area contributed by atoms with Crippen molar-refractivity contribution in [1.82, 2.24) is 5.32 Å². The third-order valence-electron chi connectivity index (χ3n) is 4.40. The Balaban J connectivity index is 2.15. The Kier molecular flexibility index (Phi) is 2.87. The molecule has 4 nitrogen and oxygen atoms in total. The molecule has 0 saturated carbocycles. The number of fused-ring (bicyclic) bond motifs is 2. The first-order valence-electron chi connectivity index (χ1n) is 6.72. The fourth-order valence-corrected chi connectivity index (χ4v) is 4.36. The molecular weight excluding hydrogens is 260 g/mol. The van der Waals surface area contributed by atoms with Gasteiger partial charge in [-0.15, -0.1) is 0 Å². The number of benzene rings is 1. The molecule has 2 aliphatic rings. The van der Waals surface area contributed by atoms with Gasteiger partial charge in [0, 0.05) is 12.0 Å². The fraction of sp³-hybridized carbons (Fsp3) is 0.571. The molecule has 5 heteroatoms. The number of piperidine rings is 1. The second kappa shape index (κ2) is 4.21. The SMILES string of the molecule is Cc1ccc2c(c1)C1(CCNCC1)CN2S(C)(=O)=O. The summed E-state index contributed by atoms with van der Waals surface area (Å²) in [6.45, 7) is 4.60. The highest BCUT2D eigenvalue weighted by atomic mass is 32.2. The van der Waals surface area contributed by atoms with Gasteiger partial charge in [0.1, 0.15) is 0 Å². The van der Waals surface area contributed by atoms with Crippen LogP contribution in [0, 0.1) is 6.92 Å². The van der Waals surface area contributed by atoms with E-state index < -0.39 is 10.0 Å². The summed E-state index contributed by atoms with van der Waals surface area (Å²) < 4.78 is 25.6. The quantitative estimate of drug-likeness (QED) is 0.846. The maximum Gasteiger partial charge on any atom is 0.232 e. The summed E-state index contributed by atoms with van der Waals surface area (Å²) in [5.74, 6) is 0. The van der Waals surface area contributed by atoms with Gasteiger partial charge in [-0.05, 0) is 44.5 Å². The zero-order chi connectivity index (χ0) is 13.7. The maximum absolute atomic E-state index is 12.0. The first-order valence-corrected chi connectivity index (χ1v) is 8.57. The smallest absolute Gasteiger partial charge is 0.232 e. The van der Waals surface area contributed by atoms with E-state index in [1.165, 1.54) is 17.4 Å². The third-order valence-corrected chi connectivity index (χ3v) is 5.53. The molecule has 0 unspecified atom stereocenters. The summed E-state index contributed by atoms with van der Waals surface area (Å²) in [4.78, 5) is 0. The van der Waals surface area contributed by atoms with E-state index in [2.05, 4.69) is 18.3 Å². The van der Waals surface area contributed by atoms with Crippen molar-refractivity contribution in [3.8, 4) is 0 Å². The summed E-state index contributed by atoms with van der Waals surface area (Å²) in [5, 5.41) is 3.37. The first kappa shape index (κ1) is 12.9. The number of rotatable bonds is 1. The molecule has 0 aromatic heterocycles.